The quantitative estimate of drug-likeness (QED) is 0.492. The standard InChI is InChI=1S/C17H14F2N4O3S/c1-25-13-4-2-3-11(14(13)24)9-20-23-15(21-22-17(23)27)10-5-7-12(8-6-10)26-16(18)19/h2-9,16,24H,1H3,(H,22,27). The van der Waals surface area contributed by atoms with Crippen LogP contribution in [0.4, 0.5) is 8.78 Å². The maximum Gasteiger partial charge on any atom is 0.387 e. The number of hydrogen-bond acceptors (Lipinski definition) is 6. The van der Waals surface area contributed by atoms with E-state index in [9.17, 15) is 13.9 Å². The Morgan fingerprint density at radius 1 is 1.26 bits per heavy atom. The largest absolute Gasteiger partial charge is 0.504 e. The fourth-order valence-electron chi connectivity index (χ4n) is 2.30. The van der Waals surface area contributed by atoms with Crippen molar-refractivity contribution in [3.63, 3.8) is 0 Å². The predicted molar refractivity (Wildman–Crippen MR) is 97.1 cm³/mol. The molecule has 0 unspecified atom stereocenters. The number of alkyl halides is 2. The number of rotatable bonds is 6. The Bertz CT molecular complexity index is 1020. The average molecular weight is 392 g/mol. The first-order chi connectivity index (χ1) is 13.0. The van der Waals surface area contributed by atoms with Gasteiger partial charge in [0.25, 0.3) is 0 Å². The highest BCUT2D eigenvalue weighted by atomic mass is 32.1. The zero-order valence-corrected chi connectivity index (χ0v) is 14.8. The first-order valence-corrected chi connectivity index (χ1v) is 8.03. The number of nitrogens with zero attached hydrogens (tertiary/aromatic N) is 3. The maximum absolute atomic E-state index is 12.3. The van der Waals surface area contributed by atoms with E-state index >= 15 is 0 Å². The van der Waals surface area contributed by atoms with E-state index in [4.69, 9.17) is 17.0 Å². The molecule has 1 aromatic heterocycles. The SMILES string of the molecule is COc1cccc(C=Nn2c(-c3ccc(OC(F)F)cc3)n[nH]c2=S)c1O. The van der Waals surface area contributed by atoms with E-state index in [0.717, 1.165) is 0 Å². The van der Waals surface area contributed by atoms with Crippen molar-refractivity contribution < 1.29 is 23.4 Å². The number of methoxy groups -OCH3 is 1. The van der Waals surface area contributed by atoms with E-state index in [1.807, 2.05) is 0 Å². The van der Waals surface area contributed by atoms with Crippen LogP contribution in [0.5, 0.6) is 17.2 Å². The molecule has 0 saturated heterocycles. The van der Waals surface area contributed by atoms with Crippen LogP contribution in [0.2, 0.25) is 0 Å². The zero-order valence-electron chi connectivity index (χ0n) is 14.0. The van der Waals surface area contributed by atoms with Gasteiger partial charge >= 0.3 is 6.61 Å². The lowest BCUT2D eigenvalue weighted by Crippen LogP contribution is -2.01. The average Bonchev–Trinajstić information content (AvgIpc) is 3.01. The van der Waals surface area contributed by atoms with Gasteiger partial charge in [-0.05, 0) is 48.6 Å². The minimum absolute atomic E-state index is 0.0271. The van der Waals surface area contributed by atoms with Gasteiger partial charge in [-0.15, -0.1) is 0 Å². The Labute approximate surface area is 157 Å². The second kappa shape index (κ2) is 7.96. The number of aromatic nitrogens is 3. The molecule has 3 aromatic rings. The summed E-state index contributed by atoms with van der Waals surface area (Å²) in [4.78, 5) is 0. The van der Waals surface area contributed by atoms with E-state index in [2.05, 4.69) is 20.0 Å². The molecule has 0 atom stereocenters. The number of nitrogens with one attached hydrogen (secondary N) is 1. The van der Waals surface area contributed by atoms with E-state index in [0.29, 0.717) is 22.7 Å². The third-order valence-corrected chi connectivity index (χ3v) is 3.81. The highest BCUT2D eigenvalue weighted by Gasteiger charge is 2.11. The Morgan fingerprint density at radius 3 is 2.67 bits per heavy atom. The zero-order chi connectivity index (χ0) is 19.4. The Balaban J connectivity index is 1.93. The number of benzene rings is 2. The first-order valence-electron chi connectivity index (χ1n) is 7.62. The number of aromatic hydroxyl groups is 1. The van der Waals surface area contributed by atoms with Gasteiger partial charge in [0.2, 0.25) is 4.77 Å². The number of phenols is 1. The molecule has 27 heavy (non-hydrogen) atoms. The maximum atomic E-state index is 12.3. The molecular formula is C17H14F2N4O3S. The fraction of sp³-hybridized carbons (Fsp3) is 0.118. The van der Waals surface area contributed by atoms with Crippen molar-refractivity contribution in [2.24, 2.45) is 5.10 Å². The predicted octanol–water partition coefficient (Wildman–Crippen LogP) is 3.81. The van der Waals surface area contributed by atoms with E-state index in [-0.39, 0.29) is 16.3 Å². The van der Waals surface area contributed by atoms with Crippen molar-refractivity contribution in [2.75, 3.05) is 7.11 Å². The van der Waals surface area contributed by atoms with Crippen molar-refractivity contribution in [1.82, 2.24) is 14.9 Å². The van der Waals surface area contributed by atoms with Gasteiger partial charge in [-0.1, -0.05) is 6.07 Å². The molecule has 0 aliphatic rings. The van der Waals surface area contributed by atoms with Crippen LogP contribution in [-0.2, 0) is 0 Å². The van der Waals surface area contributed by atoms with Crippen LogP contribution in [0.3, 0.4) is 0 Å². The molecule has 0 amide bonds. The molecule has 2 N–H and O–H groups in total. The number of para-hydroxylation sites is 1. The summed E-state index contributed by atoms with van der Waals surface area (Å²) < 4.78 is 35.4. The molecule has 2 aromatic carbocycles. The molecule has 0 saturated carbocycles. The van der Waals surface area contributed by atoms with E-state index < -0.39 is 6.61 Å². The Hall–Kier alpha value is -3.27. The van der Waals surface area contributed by atoms with Gasteiger partial charge < -0.3 is 14.6 Å². The van der Waals surface area contributed by atoms with Crippen molar-refractivity contribution in [1.29, 1.82) is 0 Å². The number of H-pyrrole nitrogens is 1. The second-order valence-electron chi connectivity index (χ2n) is 5.21. The summed E-state index contributed by atoms with van der Waals surface area (Å²) in [6.07, 6.45) is 1.40. The summed E-state index contributed by atoms with van der Waals surface area (Å²) in [5.41, 5.74) is 1.00. The van der Waals surface area contributed by atoms with Gasteiger partial charge in [0.05, 0.1) is 13.3 Å². The van der Waals surface area contributed by atoms with Crippen LogP contribution in [0.15, 0.2) is 47.6 Å². The van der Waals surface area contributed by atoms with Crippen molar-refractivity contribution in [3.8, 4) is 28.6 Å². The van der Waals surface area contributed by atoms with Gasteiger partial charge in [-0.25, -0.2) is 5.10 Å². The molecule has 0 bridgehead atoms. The summed E-state index contributed by atoms with van der Waals surface area (Å²) in [5, 5.41) is 21.1. The van der Waals surface area contributed by atoms with E-state index in [1.165, 1.54) is 30.1 Å². The van der Waals surface area contributed by atoms with Crippen LogP contribution >= 0.6 is 12.2 Å². The van der Waals surface area contributed by atoms with Crippen LogP contribution in [0.25, 0.3) is 11.4 Å². The number of aromatic amines is 1. The molecule has 10 heteroatoms. The number of halogens is 2. The van der Waals surface area contributed by atoms with Crippen LogP contribution in [0.1, 0.15) is 5.56 Å². The fourth-order valence-corrected chi connectivity index (χ4v) is 2.48. The first kappa shape index (κ1) is 18.5. The summed E-state index contributed by atoms with van der Waals surface area (Å²) in [5.74, 6) is 0.639. The van der Waals surface area contributed by atoms with Crippen LogP contribution < -0.4 is 9.47 Å². The van der Waals surface area contributed by atoms with E-state index in [1.54, 1.807) is 30.3 Å². The Morgan fingerprint density at radius 2 is 2.00 bits per heavy atom. The lowest BCUT2D eigenvalue weighted by atomic mass is 10.2. The van der Waals surface area contributed by atoms with Crippen molar-refractivity contribution in [2.45, 2.75) is 6.61 Å². The molecule has 0 fully saturated rings. The smallest absolute Gasteiger partial charge is 0.387 e. The van der Waals surface area contributed by atoms with Crippen LogP contribution in [0, 0.1) is 4.77 Å². The number of hydrogen-bond donors (Lipinski definition) is 2. The highest BCUT2D eigenvalue weighted by Crippen LogP contribution is 2.28. The van der Waals surface area contributed by atoms with Crippen molar-refractivity contribution >= 4 is 18.4 Å². The molecule has 1 heterocycles. The molecule has 0 aliphatic heterocycles. The summed E-state index contributed by atoms with van der Waals surface area (Å²) in [7, 11) is 1.45. The second-order valence-corrected chi connectivity index (χ2v) is 5.60. The van der Waals surface area contributed by atoms with Gasteiger partial charge in [0.15, 0.2) is 17.3 Å². The van der Waals surface area contributed by atoms with Gasteiger partial charge in [0, 0.05) is 11.1 Å². The highest BCUT2D eigenvalue weighted by molar-refractivity contribution is 7.71. The molecule has 0 aliphatic carbocycles. The lowest BCUT2D eigenvalue weighted by molar-refractivity contribution is -0.0498. The molecule has 3 rings (SSSR count). The van der Waals surface area contributed by atoms with Crippen molar-refractivity contribution in [3.05, 3.63) is 52.8 Å². The van der Waals surface area contributed by atoms with Crippen LogP contribution in [-0.4, -0.2) is 39.9 Å². The summed E-state index contributed by atoms with van der Waals surface area (Å²) in [6, 6.07) is 10.9. The Kier molecular flexibility index (Phi) is 5.46. The van der Waals surface area contributed by atoms with Gasteiger partial charge in [-0.3, -0.25) is 0 Å². The third kappa shape index (κ3) is 4.11. The number of phenolic OH excluding ortho intramolecular Hbond substituents is 1. The molecule has 0 radical (unpaired) electrons. The lowest BCUT2D eigenvalue weighted by Gasteiger charge is -2.06. The molecule has 7 nitrogen and oxygen atoms in total. The molecule has 140 valence electrons. The minimum atomic E-state index is -2.90. The van der Waals surface area contributed by atoms with Gasteiger partial charge in [-0.2, -0.15) is 23.7 Å². The monoisotopic (exact) mass is 392 g/mol. The minimum Gasteiger partial charge on any atom is -0.504 e. The third-order valence-electron chi connectivity index (χ3n) is 3.55. The summed E-state index contributed by atoms with van der Waals surface area (Å²) in [6.45, 7) is -2.90. The normalized spacial score (nSPS) is 11.3. The molecular weight excluding hydrogens is 378 g/mol. The topological polar surface area (TPSA) is 84.7 Å². The van der Waals surface area contributed by atoms with Gasteiger partial charge in [0.1, 0.15) is 5.75 Å². The summed E-state index contributed by atoms with van der Waals surface area (Å²) >= 11 is 5.17. The molecule has 0 spiro atoms. The number of ether oxygens (including phenoxy) is 2.